The molecule has 7 heteroatoms. The van der Waals surface area contributed by atoms with Crippen LogP contribution in [0.3, 0.4) is 0 Å². The number of hydrogen-bond donors (Lipinski definition) is 2. The maximum Gasteiger partial charge on any atom is 0.295 e. The van der Waals surface area contributed by atoms with Crippen LogP contribution in [0.2, 0.25) is 5.02 Å². The fourth-order valence-corrected chi connectivity index (χ4v) is 4.42. The van der Waals surface area contributed by atoms with E-state index in [1.165, 1.54) is 4.90 Å². The van der Waals surface area contributed by atoms with Crippen LogP contribution >= 0.6 is 11.6 Å². The second kappa shape index (κ2) is 8.56. The molecule has 1 unspecified atom stereocenters. The summed E-state index contributed by atoms with van der Waals surface area (Å²) in [7, 11) is 0. The van der Waals surface area contributed by atoms with E-state index in [0.717, 1.165) is 16.5 Å². The SMILES string of the molecule is O=C1C(=O)N(CCc2c[nH]c3ccccc23)C(c2ccccn2)/C1=C(\O)c1ccc(Cl)cc1. The first-order valence-corrected chi connectivity index (χ1v) is 10.9. The molecule has 0 spiro atoms. The summed E-state index contributed by atoms with van der Waals surface area (Å²) in [6, 6.07) is 18.9. The average molecular weight is 458 g/mol. The number of likely N-dealkylation sites (tertiary alicyclic amines) is 1. The van der Waals surface area contributed by atoms with E-state index < -0.39 is 17.7 Å². The molecule has 3 heterocycles. The normalized spacial score (nSPS) is 17.7. The van der Waals surface area contributed by atoms with Crippen molar-refractivity contribution in [3.8, 4) is 0 Å². The van der Waals surface area contributed by atoms with E-state index in [4.69, 9.17) is 11.6 Å². The second-order valence-electron chi connectivity index (χ2n) is 7.86. The predicted molar refractivity (Wildman–Crippen MR) is 127 cm³/mol. The number of benzene rings is 2. The Balaban J connectivity index is 1.55. The second-order valence-corrected chi connectivity index (χ2v) is 8.30. The van der Waals surface area contributed by atoms with E-state index in [2.05, 4.69) is 9.97 Å². The Hall–Kier alpha value is -3.90. The molecule has 164 valence electrons. The maximum atomic E-state index is 13.1. The summed E-state index contributed by atoms with van der Waals surface area (Å²) in [6.07, 6.45) is 4.07. The number of halogens is 1. The van der Waals surface area contributed by atoms with Gasteiger partial charge in [0, 0.05) is 40.4 Å². The lowest BCUT2D eigenvalue weighted by Gasteiger charge is -2.24. The number of carbonyl (C=O) groups is 2. The minimum absolute atomic E-state index is 0.0277. The number of amides is 1. The zero-order valence-electron chi connectivity index (χ0n) is 17.5. The van der Waals surface area contributed by atoms with Crippen LogP contribution in [0.25, 0.3) is 16.7 Å². The lowest BCUT2D eigenvalue weighted by atomic mass is 9.98. The Morgan fingerprint density at radius 2 is 1.79 bits per heavy atom. The van der Waals surface area contributed by atoms with Crippen molar-refractivity contribution < 1.29 is 14.7 Å². The molecule has 1 aliphatic rings. The van der Waals surface area contributed by atoms with Crippen molar-refractivity contribution in [2.45, 2.75) is 12.5 Å². The molecular weight excluding hydrogens is 438 g/mol. The number of aliphatic hydroxyl groups excluding tert-OH is 1. The highest BCUT2D eigenvalue weighted by Gasteiger charge is 2.46. The van der Waals surface area contributed by atoms with Gasteiger partial charge in [-0.2, -0.15) is 0 Å². The third-order valence-electron chi connectivity index (χ3n) is 5.92. The molecular formula is C26H20ClN3O3. The fraction of sp³-hybridized carbons (Fsp3) is 0.115. The zero-order chi connectivity index (χ0) is 22.9. The molecule has 1 atom stereocenters. The number of rotatable bonds is 5. The monoisotopic (exact) mass is 457 g/mol. The summed E-state index contributed by atoms with van der Waals surface area (Å²) in [5.41, 5.74) is 3.02. The first-order valence-electron chi connectivity index (χ1n) is 10.5. The van der Waals surface area contributed by atoms with Gasteiger partial charge in [0.2, 0.25) is 0 Å². The Morgan fingerprint density at radius 3 is 2.55 bits per heavy atom. The van der Waals surface area contributed by atoms with Gasteiger partial charge in [0.15, 0.2) is 0 Å². The third kappa shape index (κ3) is 3.79. The fourth-order valence-electron chi connectivity index (χ4n) is 4.30. The number of pyridine rings is 1. The van der Waals surface area contributed by atoms with Crippen molar-refractivity contribution in [2.75, 3.05) is 6.54 Å². The Kier molecular flexibility index (Phi) is 5.44. The molecule has 4 aromatic rings. The Morgan fingerprint density at radius 1 is 1.03 bits per heavy atom. The zero-order valence-corrected chi connectivity index (χ0v) is 18.3. The predicted octanol–water partition coefficient (Wildman–Crippen LogP) is 4.88. The molecule has 0 radical (unpaired) electrons. The lowest BCUT2D eigenvalue weighted by Crippen LogP contribution is -2.32. The van der Waals surface area contributed by atoms with Gasteiger partial charge in [-0.3, -0.25) is 14.6 Å². The first-order chi connectivity index (χ1) is 16.0. The number of Topliss-reactive ketones (excluding diaryl/α,β-unsaturated/α-hetero) is 1. The van der Waals surface area contributed by atoms with Crippen LogP contribution in [0, 0.1) is 0 Å². The Bertz CT molecular complexity index is 1380. The minimum atomic E-state index is -0.785. The highest BCUT2D eigenvalue weighted by atomic mass is 35.5. The van der Waals surface area contributed by atoms with Gasteiger partial charge in [0.05, 0.1) is 11.3 Å². The van der Waals surface area contributed by atoms with Crippen LogP contribution in [-0.4, -0.2) is 38.2 Å². The van der Waals surface area contributed by atoms with Gasteiger partial charge in [-0.15, -0.1) is 0 Å². The standard InChI is InChI=1S/C26H20ClN3O3/c27-18-10-8-16(9-11-18)24(31)22-23(21-7-3-4-13-28-21)30(26(33)25(22)32)14-12-17-15-29-20-6-2-1-5-19(17)20/h1-11,13,15,23,29,31H,12,14H2/b24-22+. The quantitative estimate of drug-likeness (QED) is 0.254. The number of carbonyl (C=O) groups excluding carboxylic acids is 2. The number of nitrogens with one attached hydrogen (secondary N) is 1. The van der Waals surface area contributed by atoms with Gasteiger partial charge < -0.3 is 15.0 Å². The van der Waals surface area contributed by atoms with Crippen molar-refractivity contribution in [1.29, 1.82) is 0 Å². The van der Waals surface area contributed by atoms with E-state index in [9.17, 15) is 14.7 Å². The molecule has 0 aliphatic carbocycles. The minimum Gasteiger partial charge on any atom is -0.507 e. The number of nitrogens with zero attached hydrogens (tertiary/aromatic N) is 2. The van der Waals surface area contributed by atoms with Crippen molar-refractivity contribution >= 4 is 40.0 Å². The van der Waals surface area contributed by atoms with Crippen molar-refractivity contribution in [1.82, 2.24) is 14.9 Å². The van der Waals surface area contributed by atoms with E-state index in [0.29, 0.717) is 29.2 Å². The van der Waals surface area contributed by atoms with Crippen molar-refractivity contribution in [3.05, 3.63) is 107 Å². The summed E-state index contributed by atoms with van der Waals surface area (Å²) in [5, 5.41) is 12.6. The van der Waals surface area contributed by atoms with E-state index >= 15 is 0 Å². The van der Waals surface area contributed by atoms with Crippen LogP contribution in [-0.2, 0) is 16.0 Å². The first kappa shape index (κ1) is 21.0. The average Bonchev–Trinajstić information content (AvgIpc) is 3.37. The number of aliphatic hydroxyl groups is 1. The van der Waals surface area contributed by atoms with Gasteiger partial charge in [0.25, 0.3) is 11.7 Å². The number of aromatic nitrogens is 2. The number of fused-ring (bicyclic) bond motifs is 1. The molecule has 1 aliphatic heterocycles. The summed E-state index contributed by atoms with van der Waals surface area (Å²) in [6.45, 7) is 0.297. The van der Waals surface area contributed by atoms with Crippen LogP contribution in [0.4, 0.5) is 0 Å². The molecule has 2 aromatic heterocycles. The smallest absolute Gasteiger partial charge is 0.295 e. The number of para-hydroxylation sites is 1. The molecule has 6 nitrogen and oxygen atoms in total. The molecule has 33 heavy (non-hydrogen) atoms. The molecule has 2 N–H and O–H groups in total. The summed E-state index contributed by atoms with van der Waals surface area (Å²) >= 11 is 5.97. The molecule has 1 saturated heterocycles. The molecule has 0 bridgehead atoms. The van der Waals surface area contributed by atoms with Gasteiger partial charge in [-0.1, -0.05) is 35.9 Å². The molecule has 1 fully saturated rings. The number of hydrogen-bond acceptors (Lipinski definition) is 4. The molecule has 5 rings (SSSR count). The summed E-state index contributed by atoms with van der Waals surface area (Å²) in [5.74, 6) is -1.62. The van der Waals surface area contributed by atoms with Crippen LogP contribution in [0.5, 0.6) is 0 Å². The topological polar surface area (TPSA) is 86.3 Å². The van der Waals surface area contributed by atoms with E-state index in [1.807, 2.05) is 30.5 Å². The van der Waals surface area contributed by atoms with Crippen LogP contribution in [0.15, 0.2) is 84.7 Å². The van der Waals surface area contributed by atoms with Gasteiger partial charge in [-0.25, -0.2) is 0 Å². The van der Waals surface area contributed by atoms with Gasteiger partial charge >= 0.3 is 0 Å². The molecule has 0 saturated carbocycles. The number of ketones is 1. The number of aromatic amines is 1. The largest absolute Gasteiger partial charge is 0.507 e. The van der Waals surface area contributed by atoms with E-state index in [1.54, 1.807) is 48.7 Å². The van der Waals surface area contributed by atoms with Gasteiger partial charge in [-0.05, 0) is 54.4 Å². The summed E-state index contributed by atoms with van der Waals surface area (Å²) < 4.78 is 0. The summed E-state index contributed by atoms with van der Waals surface area (Å²) in [4.78, 5) is 35.3. The third-order valence-corrected chi connectivity index (χ3v) is 6.17. The number of H-pyrrole nitrogens is 1. The van der Waals surface area contributed by atoms with Crippen LogP contribution < -0.4 is 0 Å². The van der Waals surface area contributed by atoms with Gasteiger partial charge in [0.1, 0.15) is 11.8 Å². The maximum absolute atomic E-state index is 13.1. The lowest BCUT2D eigenvalue weighted by molar-refractivity contribution is -0.139. The van der Waals surface area contributed by atoms with Crippen molar-refractivity contribution in [2.24, 2.45) is 0 Å². The van der Waals surface area contributed by atoms with Crippen LogP contribution in [0.1, 0.15) is 22.9 Å². The van der Waals surface area contributed by atoms with E-state index in [-0.39, 0.29) is 11.3 Å². The van der Waals surface area contributed by atoms with Crippen molar-refractivity contribution in [3.63, 3.8) is 0 Å². The Labute approximate surface area is 195 Å². The highest BCUT2D eigenvalue weighted by Crippen LogP contribution is 2.38. The highest BCUT2D eigenvalue weighted by molar-refractivity contribution is 6.46. The molecule has 2 aromatic carbocycles. The molecule has 1 amide bonds.